The minimum absolute atomic E-state index is 0.00658. The highest BCUT2D eigenvalue weighted by Gasteiger charge is 2.23. The maximum atomic E-state index is 12.5. The number of fused-ring (bicyclic) bond motifs is 1. The van der Waals surface area contributed by atoms with Crippen molar-refractivity contribution in [1.29, 1.82) is 0 Å². The Balaban J connectivity index is 1.79. The van der Waals surface area contributed by atoms with Gasteiger partial charge in [0.15, 0.2) is 5.65 Å². The van der Waals surface area contributed by atoms with E-state index >= 15 is 0 Å². The molecule has 2 aromatic heterocycles. The summed E-state index contributed by atoms with van der Waals surface area (Å²) in [7, 11) is 1.97. The number of carbonyl (C=O) groups is 1. The molecule has 0 aliphatic carbocycles. The molecule has 1 amide bonds. The molecule has 1 aliphatic heterocycles. The molecular formula is C15H18N4O. The third-order valence-corrected chi connectivity index (χ3v) is 3.87. The lowest BCUT2D eigenvalue weighted by molar-refractivity contribution is 0.0702. The number of amides is 1. The number of piperidine rings is 1. The smallest absolute Gasteiger partial charge is 0.272 e. The van der Waals surface area contributed by atoms with Crippen molar-refractivity contribution in [2.45, 2.75) is 18.9 Å². The van der Waals surface area contributed by atoms with Gasteiger partial charge in [-0.05, 0) is 44.2 Å². The lowest BCUT2D eigenvalue weighted by Crippen LogP contribution is -2.44. The van der Waals surface area contributed by atoms with Crippen LogP contribution in [0.1, 0.15) is 23.3 Å². The van der Waals surface area contributed by atoms with Gasteiger partial charge in [0.1, 0.15) is 5.69 Å². The molecule has 0 atom stereocenters. The van der Waals surface area contributed by atoms with Crippen LogP contribution in [0, 0.1) is 0 Å². The highest BCUT2D eigenvalue weighted by Crippen LogP contribution is 2.15. The summed E-state index contributed by atoms with van der Waals surface area (Å²) in [5.41, 5.74) is 1.11. The normalized spacial score (nSPS) is 16.6. The van der Waals surface area contributed by atoms with Crippen molar-refractivity contribution in [2.24, 2.45) is 0 Å². The maximum Gasteiger partial charge on any atom is 0.272 e. The molecule has 0 radical (unpaired) electrons. The van der Waals surface area contributed by atoms with Crippen LogP contribution in [-0.2, 0) is 0 Å². The number of likely N-dealkylation sites (tertiary alicyclic amines) is 1. The van der Waals surface area contributed by atoms with Gasteiger partial charge in [0.05, 0.1) is 0 Å². The molecule has 20 heavy (non-hydrogen) atoms. The van der Waals surface area contributed by atoms with E-state index in [1.54, 1.807) is 12.3 Å². The molecule has 1 fully saturated rings. The second-order valence-corrected chi connectivity index (χ2v) is 5.10. The number of hydrogen-bond acceptors (Lipinski definition) is 4. The minimum atomic E-state index is 0.00658. The zero-order valence-corrected chi connectivity index (χ0v) is 11.5. The predicted molar refractivity (Wildman–Crippen MR) is 77.5 cm³/mol. The molecule has 104 valence electrons. The first-order valence-electron chi connectivity index (χ1n) is 6.96. The monoisotopic (exact) mass is 270 g/mol. The average molecular weight is 270 g/mol. The van der Waals surface area contributed by atoms with Crippen LogP contribution in [-0.4, -0.2) is 47.0 Å². The first-order chi connectivity index (χ1) is 9.78. The molecule has 5 heteroatoms. The lowest BCUT2D eigenvalue weighted by Gasteiger charge is -2.31. The van der Waals surface area contributed by atoms with Crippen LogP contribution < -0.4 is 5.32 Å². The van der Waals surface area contributed by atoms with Crippen molar-refractivity contribution in [2.75, 3.05) is 20.1 Å². The SMILES string of the molecule is CNC1CCN(C(=O)c2ccc3cccnc3n2)CC1. The molecule has 1 N–H and O–H groups in total. The average Bonchev–Trinajstić information content (AvgIpc) is 2.54. The Bertz CT molecular complexity index is 620. The topological polar surface area (TPSA) is 58.1 Å². The number of aromatic nitrogens is 2. The third-order valence-electron chi connectivity index (χ3n) is 3.87. The second kappa shape index (κ2) is 5.54. The van der Waals surface area contributed by atoms with Crippen LogP contribution in [0.5, 0.6) is 0 Å². The summed E-state index contributed by atoms with van der Waals surface area (Å²) in [5, 5.41) is 4.22. The van der Waals surface area contributed by atoms with E-state index in [2.05, 4.69) is 15.3 Å². The fourth-order valence-electron chi connectivity index (χ4n) is 2.61. The molecule has 2 aromatic rings. The van der Waals surface area contributed by atoms with Gasteiger partial charge in [0.2, 0.25) is 0 Å². The summed E-state index contributed by atoms with van der Waals surface area (Å²) in [6, 6.07) is 8.03. The van der Waals surface area contributed by atoms with Gasteiger partial charge in [-0.3, -0.25) is 4.79 Å². The number of rotatable bonds is 2. The first kappa shape index (κ1) is 13.0. The zero-order valence-electron chi connectivity index (χ0n) is 11.5. The molecular weight excluding hydrogens is 252 g/mol. The van der Waals surface area contributed by atoms with Gasteiger partial charge in [-0.25, -0.2) is 9.97 Å². The minimum Gasteiger partial charge on any atom is -0.337 e. The maximum absolute atomic E-state index is 12.5. The van der Waals surface area contributed by atoms with Gasteiger partial charge in [-0.2, -0.15) is 0 Å². The number of pyridine rings is 2. The van der Waals surface area contributed by atoms with Gasteiger partial charge in [-0.15, -0.1) is 0 Å². The molecule has 0 saturated carbocycles. The molecule has 0 bridgehead atoms. The summed E-state index contributed by atoms with van der Waals surface area (Å²) >= 11 is 0. The van der Waals surface area contributed by atoms with Crippen LogP contribution in [0.15, 0.2) is 30.5 Å². The van der Waals surface area contributed by atoms with Crippen molar-refractivity contribution < 1.29 is 4.79 Å². The number of hydrogen-bond donors (Lipinski definition) is 1. The molecule has 0 spiro atoms. The molecule has 3 heterocycles. The van der Waals surface area contributed by atoms with E-state index in [1.165, 1.54) is 0 Å². The Kier molecular flexibility index (Phi) is 3.60. The van der Waals surface area contributed by atoms with Crippen molar-refractivity contribution in [3.05, 3.63) is 36.2 Å². The molecule has 0 aromatic carbocycles. The van der Waals surface area contributed by atoms with E-state index in [-0.39, 0.29) is 5.91 Å². The van der Waals surface area contributed by atoms with Gasteiger partial charge in [-0.1, -0.05) is 0 Å². The number of nitrogens with zero attached hydrogens (tertiary/aromatic N) is 3. The Labute approximate surface area is 118 Å². The van der Waals surface area contributed by atoms with Crippen LogP contribution in [0.3, 0.4) is 0 Å². The van der Waals surface area contributed by atoms with E-state index in [4.69, 9.17) is 0 Å². The Morgan fingerprint density at radius 2 is 2.10 bits per heavy atom. The van der Waals surface area contributed by atoms with Crippen LogP contribution >= 0.6 is 0 Å². The summed E-state index contributed by atoms with van der Waals surface area (Å²) in [6.07, 6.45) is 3.68. The Morgan fingerprint density at radius 3 is 2.85 bits per heavy atom. The number of nitrogens with one attached hydrogen (secondary N) is 1. The molecule has 0 unspecified atom stereocenters. The Hall–Kier alpha value is -2.01. The molecule has 1 aliphatic rings. The van der Waals surface area contributed by atoms with E-state index in [0.717, 1.165) is 31.3 Å². The highest BCUT2D eigenvalue weighted by atomic mass is 16.2. The first-order valence-corrected chi connectivity index (χ1v) is 6.96. The molecule has 5 nitrogen and oxygen atoms in total. The van der Waals surface area contributed by atoms with Gasteiger partial charge >= 0.3 is 0 Å². The van der Waals surface area contributed by atoms with Crippen LogP contribution in [0.2, 0.25) is 0 Å². The van der Waals surface area contributed by atoms with E-state index in [1.807, 2.05) is 30.1 Å². The van der Waals surface area contributed by atoms with E-state index in [9.17, 15) is 4.79 Å². The molecule has 3 rings (SSSR count). The quantitative estimate of drug-likeness (QED) is 0.897. The van der Waals surface area contributed by atoms with Crippen LogP contribution in [0.25, 0.3) is 11.0 Å². The van der Waals surface area contributed by atoms with Crippen molar-refractivity contribution >= 4 is 16.9 Å². The fourth-order valence-corrected chi connectivity index (χ4v) is 2.61. The van der Waals surface area contributed by atoms with Crippen molar-refractivity contribution in [3.8, 4) is 0 Å². The Morgan fingerprint density at radius 1 is 1.30 bits per heavy atom. The summed E-state index contributed by atoms with van der Waals surface area (Å²) in [4.78, 5) is 22.9. The predicted octanol–water partition coefficient (Wildman–Crippen LogP) is 1.45. The van der Waals surface area contributed by atoms with Crippen LogP contribution in [0.4, 0.5) is 0 Å². The summed E-state index contributed by atoms with van der Waals surface area (Å²) < 4.78 is 0. The largest absolute Gasteiger partial charge is 0.337 e. The summed E-state index contributed by atoms with van der Waals surface area (Å²) in [5.74, 6) is 0.00658. The van der Waals surface area contributed by atoms with Crippen molar-refractivity contribution in [1.82, 2.24) is 20.2 Å². The van der Waals surface area contributed by atoms with E-state index < -0.39 is 0 Å². The number of carbonyl (C=O) groups excluding carboxylic acids is 1. The van der Waals surface area contributed by atoms with E-state index in [0.29, 0.717) is 17.4 Å². The second-order valence-electron chi connectivity index (χ2n) is 5.10. The standard InChI is InChI=1S/C15H18N4O/c1-16-12-6-9-19(10-7-12)15(20)13-5-4-11-3-2-8-17-14(11)18-13/h2-5,8,12,16H,6-7,9-10H2,1H3. The van der Waals surface area contributed by atoms with Gasteiger partial charge in [0, 0.05) is 30.7 Å². The summed E-state index contributed by atoms with van der Waals surface area (Å²) in [6.45, 7) is 1.57. The fraction of sp³-hybridized carbons (Fsp3) is 0.400. The van der Waals surface area contributed by atoms with Gasteiger partial charge in [0.25, 0.3) is 5.91 Å². The third kappa shape index (κ3) is 2.49. The zero-order chi connectivity index (χ0) is 13.9. The lowest BCUT2D eigenvalue weighted by atomic mass is 10.0. The highest BCUT2D eigenvalue weighted by molar-refractivity contribution is 5.94. The van der Waals surface area contributed by atoms with Gasteiger partial charge < -0.3 is 10.2 Å². The van der Waals surface area contributed by atoms with Crippen molar-refractivity contribution in [3.63, 3.8) is 0 Å². The molecule has 1 saturated heterocycles.